The molecule has 1 aliphatic carbocycles. The van der Waals surface area contributed by atoms with E-state index in [0.29, 0.717) is 32.6 Å². The quantitative estimate of drug-likeness (QED) is 0.902. The minimum atomic E-state index is -0.207. The van der Waals surface area contributed by atoms with Gasteiger partial charge >= 0.3 is 0 Å². The van der Waals surface area contributed by atoms with Gasteiger partial charge in [0.15, 0.2) is 5.76 Å². The molecule has 2 N–H and O–H groups in total. The summed E-state index contributed by atoms with van der Waals surface area (Å²) in [5, 5.41) is 2.97. The number of nitrogens with one attached hydrogen (secondary N) is 2. The van der Waals surface area contributed by atoms with E-state index in [2.05, 4.69) is 15.3 Å². The van der Waals surface area contributed by atoms with Crippen LogP contribution < -0.4 is 5.32 Å². The fourth-order valence-corrected chi connectivity index (χ4v) is 2.98. The van der Waals surface area contributed by atoms with Crippen molar-refractivity contribution in [2.45, 2.75) is 12.8 Å². The van der Waals surface area contributed by atoms with Gasteiger partial charge in [-0.15, -0.1) is 0 Å². The van der Waals surface area contributed by atoms with Crippen molar-refractivity contribution in [3.8, 4) is 0 Å². The van der Waals surface area contributed by atoms with Gasteiger partial charge < -0.3 is 19.8 Å². The molecule has 124 valence electrons. The van der Waals surface area contributed by atoms with Crippen LogP contribution in [0.2, 0.25) is 0 Å². The number of H-pyrrole nitrogens is 1. The number of carbonyl (C=O) groups excluding carboxylic acids is 1. The van der Waals surface area contributed by atoms with Crippen LogP contribution in [0.15, 0.2) is 47.9 Å². The Morgan fingerprint density at radius 1 is 1.29 bits per heavy atom. The van der Waals surface area contributed by atoms with Gasteiger partial charge in [0, 0.05) is 19.4 Å². The molecule has 0 saturated heterocycles. The van der Waals surface area contributed by atoms with E-state index in [1.54, 1.807) is 0 Å². The van der Waals surface area contributed by atoms with Crippen molar-refractivity contribution >= 4 is 16.9 Å². The molecule has 1 unspecified atom stereocenters. The Labute approximate surface area is 139 Å². The number of hydrogen-bond donors (Lipinski definition) is 2. The Kier molecular flexibility index (Phi) is 3.94. The highest BCUT2D eigenvalue weighted by atomic mass is 16.6. The molecule has 0 saturated carbocycles. The van der Waals surface area contributed by atoms with Crippen molar-refractivity contribution in [2.24, 2.45) is 5.92 Å². The third-order valence-corrected chi connectivity index (χ3v) is 4.21. The number of aromatic nitrogens is 2. The van der Waals surface area contributed by atoms with E-state index in [1.807, 2.05) is 36.4 Å². The first-order valence-corrected chi connectivity index (χ1v) is 8.18. The van der Waals surface area contributed by atoms with Crippen LogP contribution in [0, 0.1) is 5.92 Å². The van der Waals surface area contributed by atoms with Gasteiger partial charge in [0.1, 0.15) is 24.8 Å². The smallest absolute Gasteiger partial charge is 0.227 e. The van der Waals surface area contributed by atoms with Gasteiger partial charge in [0.2, 0.25) is 5.91 Å². The summed E-state index contributed by atoms with van der Waals surface area (Å²) >= 11 is 0. The van der Waals surface area contributed by atoms with E-state index in [-0.39, 0.29) is 11.8 Å². The van der Waals surface area contributed by atoms with E-state index < -0.39 is 0 Å². The third-order valence-electron chi connectivity index (χ3n) is 4.21. The molecule has 6 heteroatoms. The van der Waals surface area contributed by atoms with Crippen LogP contribution in [0.1, 0.15) is 12.2 Å². The maximum Gasteiger partial charge on any atom is 0.227 e. The zero-order valence-corrected chi connectivity index (χ0v) is 13.2. The summed E-state index contributed by atoms with van der Waals surface area (Å²) in [6.45, 7) is 1.66. The van der Waals surface area contributed by atoms with Crippen molar-refractivity contribution < 1.29 is 14.3 Å². The molecule has 1 aromatic heterocycles. The number of imidazole rings is 1. The molecule has 0 radical (unpaired) electrons. The molecule has 4 rings (SSSR count). The number of rotatable bonds is 4. The van der Waals surface area contributed by atoms with Crippen molar-refractivity contribution in [3.05, 3.63) is 53.8 Å². The average Bonchev–Trinajstić information content (AvgIpc) is 3.04. The van der Waals surface area contributed by atoms with Crippen LogP contribution in [0.3, 0.4) is 0 Å². The lowest BCUT2D eigenvalue weighted by Crippen LogP contribution is -2.33. The fourth-order valence-electron chi connectivity index (χ4n) is 2.98. The fraction of sp³-hybridized carbons (Fsp3) is 0.333. The molecule has 6 nitrogen and oxygen atoms in total. The number of aromatic amines is 1. The maximum absolute atomic E-state index is 12.3. The monoisotopic (exact) mass is 325 g/mol. The Hall–Kier alpha value is -2.76. The number of allylic oxidation sites excluding steroid dienone is 2. The van der Waals surface area contributed by atoms with Crippen LogP contribution in [0.5, 0.6) is 0 Å². The van der Waals surface area contributed by atoms with E-state index in [0.717, 1.165) is 28.4 Å². The maximum atomic E-state index is 12.3. The zero-order valence-electron chi connectivity index (χ0n) is 13.2. The second-order valence-corrected chi connectivity index (χ2v) is 5.90. The first-order valence-electron chi connectivity index (χ1n) is 8.18. The van der Waals surface area contributed by atoms with E-state index in [4.69, 9.17) is 9.47 Å². The zero-order chi connectivity index (χ0) is 16.4. The summed E-state index contributed by atoms with van der Waals surface area (Å²) in [5.74, 6) is 2.21. The van der Waals surface area contributed by atoms with E-state index in [1.165, 1.54) is 0 Å². The van der Waals surface area contributed by atoms with Crippen LogP contribution >= 0.6 is 0 Å². The largest absolute Gasteiger partial charge is 0.490 e. The molecule has 0 spiro atoms. The van der Waals surface area contributed by atoms with Crippen molar-refractivity contribution in [3.63, 3.8) is 0 Å². The summed E-state index contributed by atoms with van der Waals surface area (Å²) in [6, 6.07) is 7.90. The number of fused-ring (bicyclic) bond motifs is 1. The van der Waals surface area contributed by atoms with Gasteiger partial charge in [-0.3, -0.25) is 4.79 Å². The molecule has 2 aliphatic rings. The van der Waals surface area contributed by atoms with Crippen LogP contribution in [-0.4, -0.2) is 35.6 Å². The van der Waals surface area contributed by atoms with Crippen LogP contribution in [0.4, 0.5) is 0 Å². The third kappa shape index (κ3) is 2.99. The van der Waals surface area contributed by atoms with Gasteiger partial charge in [-0.25, -0.2) is 4.98 Å². The first kappa shape index (κ1) is 14.8. The molecule has 1 aliphatic heterocycles. The Morgan fingerprint density at radius 2 is 2.17 bits per heavy atom. The summed E-state index contributed by atoms with van der Waals surface area (Å²) in [7, 11) is 0. The number of nitrogens with zero attached hydrogens (tertiary/aromatic N) is 1. The second kappa shape index (κ2) is 6.39. The summed E-state index contributed by atoms with van der Waals surface area (Å²) in [4.78, 5) is 20.1. The normalized spacial score (nSPS) is 19.6. The number of hydrogen-bond acceptors (Lipinski definition) is 4. The lowest BCUT2D eigenvalue weighted by Gasteiger charge is -2.25. The highest BCUT2D eigenvalue weighted by molar-refractivity contribution is 5.81. The number of para-hydroxylation sites is 2. The van der Waals surface area contributed by atoms with Gasteiger partial charge in [0.05, 0.1) is 17.0 Å². The Morgan fingerprint density at radius 3 is 3.08 bits per heavy atom. The van der Waals surface area contributed by atoms with Crippen LogP contribution in [0.25, 0.3) is 11.0 Å². The molecule has 1 aromatic carbocycles. The highest BCUT2D eigenvalue weighted by Gasteiger charge is 2.26. The minimum Gasteiger partial charge on any atom is -0.490 e. The summed E-state index contributed by atoms with van der Waals surface area (Å²) in [6.07, 6.45) is 4.94. The van der Waals surface area contributed by atoms with E-state index in [9.17, 15) is 4.79 Å². The molecular weight excluding hydrogens is 306 g/mol. The number of benzene rings is 1. The molecular formula is C18H19N3O3. The predicted molar refractivity (Wildman–Crippen MR) is 89.0 cm³/mol. The lowest BCUT2D eigenvalue weighted by atomic mass is 9.97. The summed E-state index contributed by atoms with van der Waals surface area (Å²) in [5.41, 5.74) is 1.96. The van der Waals surface area contributed by atoms with Crippen molar-refractivity contribution in [2.75, 3.05) is 19.8 Å². The van der Waals surface area contributed by atoms with Crippen molar-refractivity contribution in [1.82, 2.24) is 15.3 Å². The molecule has 0 fully saturated rings. The van der Waals surface area contributed by atoms with Gasteiger partial charge in [0.25, 0.3) is 0 Å². The topological polar surface area (TPSA) is 76.2 Å². The van der Waals surface area contributed by atoms with Crippen molar-refractivity contribution in [1.29, 1.82) is 0 Å². The van der Waals surface area contributed by atoms with Gasteiger partial charge in [-0.05, 0) is 18.2 Å². The molecule has 24 heavy (non-hydrogen) atoms. The SMILES string of the molecule is O=C(NCCc1nc2ccccc2[nH]1)C1C=CC2=C(C1)OCCO2. The number of amides is 1. The summed E-state index contributed by atoms with van der Waals surface area (Å²) < 4.78 is 11.1. The second-order valence-electron chi connectivity index (χ2n) is 5.90. The highest BCUT2D eigenvalue weighted by Crippen LogP contribution is 2.27. The first-order chi connectivity index (χ1) is 11.8. The Bertz CT molecular complexity index is 789. The lowest BCUT2D eigenvalue weighted by molar-refractivity contribution is -0.124. The minimum absolute atomic E-state index is 0.00286. The van der Waals surface area contributed by atoms with Gasteiger partial charge in [-0.2, -0.15) is 0 Å². The predicted octanol–water partition coefficient (Wildman–Crippen LogP) is 2.06. The molecule has 1 atom stereocenters. The molecule has 2 aromatic rings. The van der Waals surface area contributed by atoms with E-state index >= 15 is 0 Å². The molecule has 2 heterocycles. The molecule has 0 bridgehead atoms. The van der Waals surface area contributed by atoms with Gasteiger partial charge in [-0.1, -0.05) is 18.2 Å². The van der Waals surface area contributed by atoms with Crippen LogP contribution in [-0.2, 0) is 20.7 Å². The number of ether oxygens (including phenoxy) is 2. The number of carbonyl (C=O) groups is 1. The standard InChI is InChI=1S/C18H19N3O3/c22-18(12-5-6-15-16(11-12)24-10-9-23-15)19-8-7-17-20-13-3-1-2-4-14(13)21-17/h1-6,12H,7-11H2,(H,19,22)(H,20,21). The molecule has 1 amide bonds. The Balaban J connectivity index is 1.31. The average molecular weight is 325 g/mol.